The minimum absolute atomic E-state index is 0.0104. The summed E-state index contributed by atoms with van der Waals surface area (Å²) in [6.45, 7) is 15.5. The van der Waals surface area contributed by atoms with E-state index in [2.05, 4.69) is 39.5 Å². The molecule has 8 nitrogen and oxygen atoms in total. The molecule has 3 heterocycles. The molecular weight excluding hydrogens is 528 g/mol. The van der Waals surface area contributed by atoms with Gasteiger partial charge in [0, 0.05) is 43.5 Å². The summed E-state index contributed by atoms with van der Waals surface area (Å²) in [6, 6.07) is 4.16. The normalized spacial score (nSPS) is 35.0. The van der Waals surface area contributed by atoms with Crippen molar-refractivity contribution in [2.24, 2.45) is 28.3 Å². The fraction of sp³-hybridized carbons (Fsp3) is 0.774. The Morgan fingerprint density at radius 3 is 2.62 bits per heavy atom. The number of hydrogen-bond donors (Lipinski definition) is 2. The molecule has 1 spiro atoms. The van der Waals surface area contributed by atoms with Gasteiger partial charge in [0.25, 0.3) is 0 Å². The topological polar surface area (TPSA) is 103 Å². The quantitative estimate of drug-likeness (QED) is 0.247. The molecule has 5 rings (SSSR count). The van der Waals surface area contributed by atoms with Crippen LogP contribution in [0.4, 0.5) is 0 Å². The van der Waals surface area contributed by atoms with Gasteiger partial charge in [-0.3, -0.25) is 10.0 Å². The van der Waals surface area contributed by atoms with Gasteiger partial charge in [0.15, 0.2) is 11.5 Å². The Morgan fingerprint density at radius 1 is 1.25 bits per heavy atom. The van der Waals surface area contributed by atoms with E-state index in [1.54, 1.807) is 7.11 Å². The maximum Gasteiger partial charge on any atom is 0.337 e. The minimum atomic E-state index is -2.22. The van der Waals surface area contributed by atoms with Crippen LogP contribution < -0.4 is 14.1 Å². The van der Waals surface area contributed by atoms with Gasteiger partial charge in [0.05, 0.1) is 23.6 Å². The zero-order chi connectivity index (χ0) is 29.1. The molecule has 6 atom stereocenters. The first kappa shape index (κ1) is 30.1. The molecule has 226 valence electrons. The zero-order valence-electron chi connectivity index (χ0n) is 25.5. The third-order valence-electron chi connectivity index (χ3n) is 10.5. The maximum absolute atomic E-state index is 12.7. The molecule has 6 unspecified atom stereocenters. The number of hydrogen-bond acceptors (Lipinski definition) is 8. The summed E-state index contributed by atoms with van der Waals surface area (Å²) < 4.78 is 22.8. The van der Waals surface area contributed by atoms with Gasteiger partial charge in [-0.05, 0) is 85.8 Å². The molecule has 3 N–H and O–H groups in total. The van der Waals surface area contributed by atoms with E-state index in [4.69, 9.17) is 23.5 Å². The van der Waals surface area contributed by atoms with Crippen LogP contribution >= 0.6 is 10.5 Å². The Kier molecular flexibility index (Phi) is 8.07. The average molecular weight is 579 g/mol. The van der Waals surface area contributed by atoms with E-state index in [-0.39, 0.29) is 28.6 Å². The van der Waals surface area contributed by atoms with Gasteiger partial charge < -0.3 is 23.5 Å². The molecule has 40 heavy (non-hydrogen) atoms. The highest BCUT2D eigenvalue weighted by Gasteiger charge is 2.68. The smallest absolute Gasteiger partial charge is 0.337 e. The van der Waals surface area contributed by atoms with Gasteiger partial charge >= 0.3 is 5.97 Å². The van der Waals surface area contributed by atoms with Crippen LogP contribution in [-0.2, 0) is 19.0 Å². The number of ether oxygens (including phenoxy) is 3. The van der Waals surface area contributed by atoms with Crippen LogP contribution in [0, 0.1) is 30.1 Å². The van der Waals surface area contributed by atoms with Crippen LogP contribution in [-0.4, -0.2) is 73.4 Å². The van der Waals surface area contributed by atoms with Gasteiger partial charge in [0.2, 0.25) is 0 Å². The standard InChI is InChI=1S/C31H50N2O6S/c1-20-8-11-25(38-26(34)18-37-15-14-36-7)28-27(20)31-12-13-33(17-22-9-10-22)21(2)24(31)16-23(19-40(31,32)39-28)30(6,35)29(3,4)5/h8,11,21-24,35H,9-10,12-19,32H2,1-7H3. The molecular formula is C31H50N2O6S. The SMILES string of the molecule is COCCOCC(=O)Oc1ccc(C)c2c1OS1(N)CC(C(C)(O)C(C)(C)C)CC3C(C)N(CC4CC4)CCC231. The molecule has 9 heteroatoms. The maximum atomic E-state index is 12.7. The van der Waals surface area contributed by atoms with Crippen LogP contribution in [0.25, 0.3) is 0 Å². The van der Waals surface area contributed by atoms with Gasteiger partial charge in [-0.2, -0.15) is 0 Å². The summed E-state index contributed by atoms with van der Waals surface area (Å²) in [5.74, 6) is 2.18. The van der Waals surface area contributed by atoms with Crippen molar-refractivity contribution >= 4 is 16.5 Å². The number of nitrogens with zero attached hydrogens (tertiary/aromatic N) is 1. The van der Waals surface area contributed by atoms with Crippen molar-refractivity contribution in [2.75, 3.05) is 45.8 Å². The van der Waals surface area contributed by atoms with E-state index in [9.17, 15) is 9.90 Å². The third kappa shape index (κ3) is 4.98. The summed E-state index contributed by atoms with van der Waals surface area (Å²) in [5.41, 5.74) is 1.01. The van der Waals surface area contributed by atoms with Crippen molar-refractivity contribution in [3.63, 3.8) is 0 Å². The summed E-state index contributed by atoms with van der Waals surface area (Å²) in [5, 5.41) is 19.5. The molecule has 3 aliphatic heterocycles. The van der Waals surface area contributed by atoms with E-state index in [1.807, 2.05) is 19.1 Å². The van der Waals surface area contributed by atoms with Crippen LogP contribution in [0.5, 0.6) is 11.5 Å². The number of aryl methyl sites for hydroxylation is 1. The van der Waals surface area contributed by atoms with Crippen LogP contribution in [0.3, 0.4) is 0 Å². The Morgan fingerprint density at radius 2 is 1.98 bits per heavy atom. The molecule has 0 bridgehead atoms. The number of rotatable bonds is 9. The van der Waals surface area contributed by atoms with Gasteiger partial charge in [-0.15, -0.1) is 0 Å². The van der Waals surface area contributed by atoms with Crippen LogP contribution in [0.2, 0.25) is 0 Å². The van der Waals surface area contributed by atoms with Crippen molar-refractivity contribution in [3.05, 3.63) is 23.3 Å². The van der Waals surface area contributed by atoms with E-state index in [0.717, 1.165) is 43.0 Å². The molecule has 1 aromatic carbocycles. The number of likely N-dealkylation sites (tertiary alicyclic amines) is 1. The van der Waals surface area contributed by atoms with Crippen molar-refractivity contribution < 1.29 is 28.3 Å². The number of carbonyl (C=O) groups excluding carboxylic acids is 1. The fourth-order valence-electron chi connectivity index (χ4n) is 7.42. The molecule has 0 radical (unpaired) electrons. The highest BCUT2D eigenvalue weighted by molar-refractivity contribution is 8.29. The summed E-state index contributed by atoms with van der Waals surface area (Å²) in [7, 11) is -0.627. The fourth-order valence-corrected chi connectivity index (χ4v) is 11.3. The van der Waals surface area contributed by atoms with Crippen LogP contribution in [0.15, 0.2) is 12.1 Å². The molecule has 2 saturated heterocycles. The number of nitrogens with two attached hydrogens (primary N) is 1. The predicted octanol–water partition coefficient (Wildman–Crippen LogP) is 4.68. The zero-order valence-corrected chi connectivity index (χ0v) is 26.3. The first-order valence-corrected chi connectivity index (χ1v) is 16.7. The number of aliphatic hydroxyl groups is 1. The van der Waals surface area contributed by atoms with E-state index >= 15 is 0 Å². The molecule has 1 aliphatic carbocycles. The minimum Gasteiger partial charge on any atom is -0.431 e. The lowest BCUT2D eigenvalue weighted by molar-refractivity contribution is -0.140. The third-order valence-corrected chi connectivity index (χ3v) is 13.8. The molecule has 0 amide bonds. The lowest BCUT2D eigenvalue weighted by atomic mass is 9.63. The summed E-state index contributed by atoms with van der Waals surface area (Å²) in [4.78, 5) is 15.4. The van der Waals surface area contributed by atoms with Crippen molar-refractivity contribution in [2.45, 2.75) is 83.6 Å². The molecule has 4 aliphatic rings. The molecule has 3 fully saturated rings. The Bertz CT molecular complexity index is 1120. The second kappa shape index (κ2) is 10.7. The molecule has 0 aromatic heterocycles. The first-order valence-electron chi connectivity index (χ1n) is 14.9. The van der Waals surface area contributed by atoms with Crippen molar-refractivity contribution in [3.8, 4) is 11.5 Å². The lowest BCUT2D eigenvalue weighted by Gasteiger charge is -2.63. The number of methoxy groups -OCH3 is 1. The van der Waals surface area contributed by atoms with Gasteiger partial charge in [-0.25, -0.2) is 4.79 Å². The second-order valence-corrected chi connectivity index (χ2v) is 16.5. The van der Waals surface area contributed by atoms with E-state index in [0.29, 0.717) is 36.5 Å². The molecule has 1 aromatic rings. The second-order valence-electron chi connectivity index (χ2n) is 13.8. The summed E-state index contributed by atoms with van der Waals surface area (Å²) >= 11 is 0. The Balaban J connectivity index is 1.54. The first-order chi connectivity index (χ1) is 18.7. The largest absolute Gasteiger partial charge is 0.431 e. The number of piperidine rings is 1. The highest BCUT2D eigenvalue weighted by atomic mass is 32.3. The highest BCUT2D eigenvalue weighted by Crippen LogP contribution is 2.78. The van der Waals surface area contributed by atoms with Crippen molar-refractivity contribution in [1.82, 2.24) is 4.90 Å². The van der Waals surface area contributed by atoms with E-state index in [1.165, 1.54) is 12.8 Å². The van der Waals surface area contributed by atoms with Gasteiger partial charge in [-0.1, -0.05) is 26.8 Å². The number of fused-ring (bicyclic) bond motifs is 1. The Hall–Kier alpha value is -1.36. The monoisotopic (exact) mass is 578 g/mol. The van der Waals surface area contributed by atoms with E-state index < -0.39 is 22.1 Å². The summed E-state index contributed by atoms with van der Waals surface area (Å²) in [6.07, 6.45) is 4.44. The van der Waals surface area contributed by atoms with Crippen molar-refractivity contribution in [1.29, 1.82) is 0 Å². The number of carbonyl (C=O) groups is 1. The number of benzene rings is 1. The molecule has 1 saturated carbocycles. The number of esters is 1. The average Bonchev–Trinajstić information content (AvgIpc) is 3.64. The Labute approximate surface area is 241 Å². The predicted molar refractivity (Wildman–Crippen MR) is 159 cm³/mol. The lowest BCUT2D eigenvalue weighted by Crippen LogP contribution is -2.64. The van der Waals surface area contributed by atoms with Crippen LogP contribution in [0.1, 0.15) is 71.4 Å². The van der Waals surface area contributed by atoms with Gasteiger partial charge in [0.1, 0.15) is 6.61 Å².